The Labute approximate surface area is 191 Å². The minimum atomic E-state index is -0.957. The average Bonchev–Trinajstić information content (AvgIpc) is 2.95. The molecule has 1 unspecified atom stereocenters. The molecule has 0 bridgehead atoms. The summed E-state index contributed by atoms with van der Waals surface area (Å²) in [6.07, 6.45) is 5.14. The number of carbonyl (C=O) groups is 2. The third kappa shape index (κ3) is 5.58. The fourth-order valence-corrected chi connectivity index (χ4v) is 4.22. The SMILES string of the molecule is CCNC(=O)Cn1c(C)nn(-c2ccc(Cl)c(C(=O)NC(O)C3CCCCCC3)c2)c1=O. The number of aliphatic hydroxyl groups is 1. The molecule has 1 fully saturated rings. The number of halogens is 1. The monoisotopic (exact) mass is 463 g/mol. The maximum atomic E-state index is 12.8. The van der Waals surface area contributed by atoms with Crippen LogP contribution in [0.2, 0.25) is 5.02 Å². The predicted molar refractivity (Wildman–Crippen MR) is 121 cm³/mol. The van der Waals surface area contributed by atoms with Gasteiger partial charge in [0.15, 0.2) is 0 Å². The van der Waals surface area contributed by atoms with Gasteiger partial charge in [-0.25, -0.2) is 4.79 Å². The highest BCUT2D eigenvalue weighted by molar-refractivity contribution is 6.33. The Balaban J connectivity index is 1.82. The number of rotatable bonds is 7. The fourth-order valence-electron chi connectivity index (χ4n) is 4.02. The summed E-state index contributed by atoms with van der Waals surface area (Å²) in [5.74, 6) is -0.425. The molecule has 1 saturated carbocycles. The fraction of sp³-hybridized carbons (Fsp3) is 0.545. The van der Waals surface area contributed by atoms with Crippen LogP contribution >= 0.6 is 11.6 Å². The Morgan fingerprint density at radius 1 is 1.25 bits per heavy atom. The maximum Gasteiger partial charge on any atom is 0.351 e. The number of hydrogen-bond donors (Lipinski definition) is 3. The molecule has 32 heavy (non-hydrogen) atoms. The quantitative estimate of drug-likeness (QED) is 0.429. The van der Waals surface area contributed by atoms with E-state index in [1.807, 2.05) is 0 Å². The molecule has 1 aliphatic carbocycles. The minimum Gasteiger partial charge on any atom is -0.373 e. The lowest BCUT2D eigenvalue weighted by Gasteiger charge is -2.22. The van der Waals surface area contributed by atoms with E-state index < -0.39 is 17.8 Å². The first-order chi connectivity index (χ1) is 15.3. The summed E-state index contributed by atoms with van der Waals surface area (Å²) in [6.45, 7) is 3.74. The number of nitrogens with one attached hydrogen (secondary N) is 2. The first-order valence-corrected chi connectivity index (χ1v) is 11.4. The Morgan fingerprint density at radius 2 is 1.94 bits per heavy atom. The number of likely N-dealkylation sites (N-methyl/N-ethyl adjacent to an activating group) is 1. The van der Waals surface area contributed by atoms with Crippen LogP contribution in [0.5, 0.6) is 0 Å². The van der Waals surface area contributed by atoms with Gasteiger partial charge in [0.2, 0.25) is 5.91 Å². The van der Waals surface area contributed by atoms with Gasteiger partial charge in [-0.2, -0.15) is 9.78 Å². The van der Waals surface area contributed by atoms with Crippen molar-refractivity contribution in [1.82, 2.24) is 25.0 Å². The van der Waals surface area contributed by atoms with Crippen LogP contribution in [0.15, 0.2) is 23.0 Å². The van der Waals surface area contributed by atoms with Gasteiger partial charge in [-0.15, -0.1) is 0 Å². The number of hydrogen-bond acceptors (Lipinski definition) is 5. The second-order valence-electron chi connectivity index (χ2n) is 8.12. The van der Waals surface area contributed by atoms with E-state index in [1.54, 1.807) is 19.9 Å². The summed E-state index contributed by atoms with van der Waals surface area (Å²) < 4.78 is 2.39. The predicted octanol–water partition coefficient (Wildman–Crippen LogP) is 2.15. The van der Waals surface area contributed by atoms with Gasteiger partial charge in [-0.1, -0.05) is 37.3 Å². The zero-order valence-electron chi connectivity index (χ0n) is 18.4. The third-order valence-corrected chi connectivity index (χ3v) is 6.12. The molecule has 2 aromatic rings. The molecule has 0 aliphatic heterocycles. The first-order valence-electron chi connectivity index (χ1n) is 11.0. The van der Waals surface area contributed by atoms with E-state index >= 15 is 0 Å². The highest BCUT2D eigenvalue weighted by Crippen LogP contribution is 2.25. The molecule has 10 heteroatoms. The van der Waals surface area contributed by atoms with E-state index in [9.17, 15) is 19.5 Å². The van der Waals surface area contributed by atoms with Gasteiger partial charge in [0, 0.05) is 12.5 Å². The van der Waals surface area contributed by atoms with E-state index in [1.165, 1.54) is 16.7 Å². The van der Waals surface area contributed by atoms with Crippen molar-refractivity contribution < 1.29 is 14.7 Å². The maximum absolute atomic E-state index is 12.8. The Bertz CT molecular complexity index is 1020. The molecular weight excluding hydrogens is 434 g/mol. The van der Waals surface area contributed by atoms with Crippen molar-refractivity contribution in [1.29, 1.82) is 0 Å². The Kier molecular flexibility index (Phi) is 8.09. The molecule has 3 rings (SSSR count). The van der Waals surface area contributed by atoms with Crippen LogP contribution in [0.3, 0.4) is 0 Å². The lowest BCUT2D eigenvalue weighted by Crippen LogP contribution is -2.40. The summed E-state index contributed by atoms with van der Waals surface area (Å²) in [6, 6.07) is 4.54. The average molecular weight is 464 g/mol. The lowest BCUT2D eigenvalue weighted by molar-refractivity contribution is -0.121. The summed E-state index contributed by atoms with van der Waals surface area (Å²) in [4.78, 5) is 37.6. The second-order valence-corrected chi connectivity index (χ2v) is 8.52. The van der Waals surface area contributed by atoms with Crippen LogP contribution in [0.1, 0.15) is 61.6 Å². The number of benzene rings is 1. The molecule has 1 atom stereocenters. The zero-order chi connectivity index (χ0) is 23.3. The second kappa shape index (κ2) is 10.8. The van der Waals surface area contributed by atoms with E-state index in [0.717, 1.165) is 43.2 Å². The van der Waals surface area contributed by atoms with Crippen molar-refractivity contribution >= 4 is 23.4 Å². The molecule has 1 aromatic carbocycles. The van der Waals surface area contributed by atoms with Crippen LogP contribution in [0.25, 0.3) is 5.69 Å². The number of aliphatic hydroxyl groups excluding tert-OH is 1. The van der Waals surface area contributed by atoms with E-state index in [-0.39, 0.29) is 29.0 Å². The van der Waals surface area contributed by atoms with Crippen LogP contribution < -0.4 is 16.3 Å². The van der Waals surface area contributed by atoms with Gasteiger partial charge in [0.1, 0.15) is 18.6 Å². The molecule has 2 amide bonds. The van der Waals surface area contributed by atoms with Crippen LogP contribution in [0.4, 0.5) is 0 Å². The van der Waals surface area contributed by atoms with E-state index in [2.05, 4.69) is 15.7 Å². The molecule has 0 radical (unpaired) electrons. The number of aryl methyl sites for hydroxylation is 1. The van der Waals surface area contributed by atoms with Crippen molar-refractivity contribution in [3.63, 3.8) is 0 Å². The van der Waals surface area contributed by atoms with Crippen molar-refractivity contribution in [2.75, 3.05) is 6.54 Å². The third-order valence-electron chi connectivity index (χ3n) is 5.79. The molecule has 1 heterocycles. The van der Waals surface area contributed by atoms with Gasteiger partial charge in [-0.05, 0) is 44.9 Å². The normalized spacial score (nSPS) is 15.8. The van der Waals surface area contributed by atoms with Gasteiger partial charge in [-0.3, -0.25) is 14.2 Å². The number of aromatic nitrogens is 3. The molecule has 3 N–H and O–H groups in total. The summed E-state index contributed by atoms with van der Waals surface area (Å²) >= 11 is 6.25. The lowest BCUT2D eigenvalue weighted by atomic mass is 9.98. The van der Waals surface area contributed by atoms with Gasteiger partial charge >= 0.3 is 5.69 Å². The molecule has 9 nitrogen and oxygen atoms in total. The molecule has 0 saturated heterocycles. The van der Waals surface area contributed by atoms with Crippen molar-refractivity contribution in [2.24, 2.45) is 5.92 Å². The zero-order valence-corrected chi connectivity index (χ0v) is 19.2. The molecule has 1 aliphatic rings. The van der Waals surface area contributed by atoms with Gasteiger partial charge in [0.05, 0.1) is 16.3 Å². The number of nitrogens with zero attached hydrogens (tertiary/aromatic N) is 3. The number of carbonyl (C=O) groups excluding carboxylic acids is 2. The molecular formula is C22H30ClN5O4. The first kappa shape index (κ1) is 24.0. The van der Waals surface area contributed by atoms with Crippen molar-refractivity contribution in [3.8, 4) is 5.69 Å². The van der Waals surface area contributed by atoms with Crippen LogP contribution in [-0.4, -0.2) is 44.0 Å². The largest absolute Gasteiger partial charge is 0.373 e. The van der Waals surface area contributed by atoms with E-state index in [0.29, 0.717) is 18.1 Å². The van der Waals surface area contributed by atoms with E-state index in [4.69, 9.17) is 11.6 Å². The highest BCUT2D eigenvalue weighted by atomic mass is 35.5. The Morgan fingerprint density at radius 3 is 2.59 bits per heavy atom. The minimum absolute atomic E-state index is 0.0126. The van der Waals surface area contributed by atoms with Crippen LogP contribution in [-0.2, 0) is 11.3 Å². The highest BCUT2D eigenvalue weighted by Gasteiger charge is 2.24. The van der Waals surface area contributed by atoms with Crippen LogP contribution in [0, 0.1) is 12.8 Å². The summed E-state index contributed by atoms with van der Waals surface area (Å²) in [5, 5.41) is 20.3. The standard InChI is InChI=1S/C22H30ClN5O4/c1-3-24-19(29)13-27-14(2)26-28(22(27)32)16-10-11-18(23)17(12-16)21(31)25-20(30)15-8-6-4-5-7-9-15/h10-12,15,20,30H,3-9,13H2,1-2H3,(H,24,29)(H,25,31). The van der Waals surface area contributed by atoms with Crippen molar-refractivity contribution in [3.05, 3.63) is 45.1 Å². The van der Waals surface area contributed by atoms with Crippen molar-refractivity contribution in [2.45, 2.75) is 65.1 Å². The molecule has 174 valence electrons. The van der Waals surface area contributed by atoms with Gasteiger partial charge < -0.3 is 15.7 Å². The molecule has 1 aromatic heterocycles. The smallest absolute Gasteiger partial charge is 0.351 e. The summed E-state index contributed by atoms with van der Waals surface area (Å²) in [7, 11) is 0. The Hall–Kier alpha value is -2.65. The van der Waals surface area contributed by atoms with Gasteiger partial charge in [0.25, 0.3) is 5.91 Å². The molecule has 0 spiro atoms. The topological polar surface area (TPSA) is 118 Å². The summed E-state index contributed by atoms with van der Waals surface area (Å²) in [5.41, 5.74) is -0.0214. The number of amides is 2.